The SMILES string of the molecule is Cc1cccnc1CNc1c(F)cccc1C(=O)O. The number of nitrogens with zero attached hydrogens (tertiary/aromatic N) is 1. The van der Waals surface area contributed by atoms with E-state index < -0.39 is 11.8 Å². The zero-order chi connectivity index (χ0) is 13.8. The summed E-state index contributed by atoms with van der Waals surface area (Å²) in [5.74, 6) is -1.76. The highest BCUT2D eigenvalue weighted by atomic mass is 19.1. The van der Waals surface area contributed by atoms with Crippen LogP contribution in [0.25, 0.3) is 0 Å². The number of carboxylic acids is 1. The summed E-state index contributed by atoms with van der Waals surface area (Å²) in [5, 5.41) is 11.8. The fourth-order valence-electron chi connectivity index (χ4n) is 1.76. The molecule has 0 atom stereocenters. The van der Waals surface area contributed by atoms with Gasteiger partial charge in [-0.05, 0) is 30.7 Å². The van der Waals surface area contributed by atoms with E-state index in [-0.39, 0.29) is 17.8 Å². The van der Waals surface area contributed by atoms with Gasteiger partial charge in [0.05, 0.1) is 23.5 Å². The van der Waals surface area contributed by atoms with Crippen molar-refractivity contribution in [3.05, 3.63) is 59.2 Å². The average Bonchev–Trinajstić information content (AvgIpc) is 2.38. The van der Waals surface area contributed by atoms with Crippen LogP contribution in [0.4, 0.5) is 10.1 Å². The maximum Gasteiger partial charge on any atom is 0.337 e. The lowest BCUT2D eigenvalue weighted by Gasteiger charge is -2.11. The minimum absolute atomic E-state index is 0.0138. The van der Waals surface area contributed by atoms with Crippen molar-refractivity contribution in [2.45, 2.75) is 13.5 Å². The van der Waals surface area contributed by atoms with Crippen LogP contribution in [-0.4, -0.2) is 16.1 Å². The largest absolute Gasteiger partial charge is 0.478 e. The molecular formula is C14H13FN2O2. The molecule has 19 heavy (non-hydrogen) atoms. The van der Waals surface area contributed by atoms with Gasteiger partial charge in [0.25, 0.3) is 0 Å². The summed E-state index contributed by atoms with van der Waals surface area (Å²) in [6, 6.07) is 7.66. The summed E-state index contributed by atoms with van der Waals surface area (Å²) >= 11 is 0. The van der Waals surface area contributed by atoms with E-state index in [1.165, 1.54) is 18.2 Å². The second kappa shape index (κ2) is 5.48. The van der Waals surface area contributed by atoms with E-state index in [0.29, 0.717) is 0 Å². The molecule has 2 N–H and O–H groups in total. The molecule has 1 heterocycles. The van der Waals surface area contributed by atoms with Gasteiger partial charge in [0.15, 0.2) is 0 Å². The fourth-order valence-corrected chi connectivity index (χ4v) is 1.76. The molecule has 0 bridgehead atoms. The zero-order valence-corrected chi connectivity index (χ0v) is 10.4. The second-order valence-corrected chi connectivity index (χ2v) is 4.09. The molecular weight excluding hydrogens is 247 g/mol. The number of rotatable bonds is 4. The van der Waals surface area contributed by atoms with Gasteiger partial charge in [0.1, 0.15) is 5.82 Å². The highest BCUT2D eigenvalue weighted by molar-refractivity contribution is 5.94. The second-order valence-electron chi connectivity index (χ2n) is 4.09. The predicted octanol–water partition coefficient (Wildman–Crippen LogP) is 2.84. The van der Waals surface area contributed by atoms with E-state index in [2.05, 4.69) is 10.3 Å². The van der Waals surface area contributed by atoms with Gasteiger partial charge in [-0.25, -0.2) is 9.18 Å². The number of carbonyl (C=O) groups is 1. The third kappa shape index (κ3) is 2.88. The van der Waals surface area contributed by atoms with Gasteiger partial charge in [-0.2, -0.15) is 0 Å². The van der Waals surface area contributed by atoms with Gasteiger partial charge < -0.3 is 10.4 Å². The normalized spacial score (nSPS) is 10.2. The number of anilines is 1. The Bertz CT molecular complexity index is 614. The van der Waals surface area contributed by atoms with E-state index in [4.69, 9.17) is 5.11 Å². The van der Waals surface area contributed by atoms with E-state index in [1.54, 1.807) is 6.20 Å². The molecule has 0 radical (unpaired) electrons. The number of pyridine rings is 1. The number of aromatic carboxylic acids is 1. The number of hydrogen-bond donors (Lipinski definition) is 2. The number of carboxylic acid groups (broad SMARTS) is 1. The van der Waals surface area contributed by atoms with Crippen molar-refractivity contribution in [2.24, 2.45) is 0 Å². The summed E-state index contributed by atoms with van der Waals surface area (Å²) in [6.45, 7) is 2.16. The summed E-state index contributed by atoms with van der Waals surface area (Å²) in [7, 11) is 0. The van der Waals surface area contributed by atoms with E-state index in [1.807, 2.05) is 19.1 Å². The molecule has 4 nitrogen and oxygen atoms in total. The van der Waals surface area contributed by atoms with Crippen LogP contribution in [0.15, 0.2) is 36.5 Å². The summed E-state index contributed by atoms with van der Waals surface area (Å²) < 4.78 is 13.7. The van der Waals surface area contributed by atoms with Crippen LogP contribution in [-0.2, 0) is 6.54 Å². The Balaban J connectivity index is 2.25. The molecule has 0 fully saturated rings. The van der Waals surface area contributed by atoms with Crippen molar-refractivity contribution in [1.29, 1.82) is 0 Å². The highest BCUT2D eigenvalue weighted by Gasteiger charge is 2.14. The van der Waals surface area contributed by atoms with Crippen LogP contribution >= 0.6 is 0 Å². The quantitative estimate of drug-likeness (QED) is 0.887. The number of halogens is 1. The molecule has 0 amide bonds. The first-order chi connectivity index (χ1) is 9.09. The van der Waals surface area contributed by atoms with Crippen LogP contribution < -0.4 is 5.32 Å². The van der Waals surface area contributed by atoms with Gasteiger partial charge in [0.2, 0.25) is 0 Å². The van der Waals surface area contributed by atoms with Gasteiger partial charge >= 0.3 is 5.97 Å². The molecule has 0 spiro atoms. The molecule has 0 aliphatic rings. The van der Waals surface area contributed by atoms with Gasteiger partial charge in [-0.1, -0.05) is 12.1 Å². The monoisotopic (exact) mass is 260 g/mol. The van der Waals surface area contributed by atoms with Gasteiger partial charge in [-0.3, -0.25) is 4.98 Å². The lowest BCUT2D eigenvalue weighted by Crippen LogP contribution is -2.10. The Labute approximate surface area is 109 Å². The molecule has 1 aromatic heterocycles. The molecule has 0 aliphatic heterocycles. The molecule has 0 unspecified atom stereocenters. The van der Waals surface area contributed by atoms with E-state index in [0.717, 1.165) is 11.3 Å². The fraction of sp³-hybridized carbons (Fsp3) is 0.143. The maximum atomic E-state index is 13.7. The summed E-state index contributed by atoms with van der Waals surface area (Å²) in [5.41, 5.74) is 1.61. The van der Waals surface area contributed by atoms with Crippen LogP contribution in [0.1, 0.15) is 21.6 Å². The van der Waals surface area contributed by atoms with Gasteiger partial charge in [-0.15, -0.1) is 0 Å². The number of aryl methyl sites for hydroxylation is 1. The Morgan fingerprint density at radius 2 is 2.16 bits per heavy atom. The van der Waals surface area contributed by atoms with Crippen LogP contribution in [0.2, 0.25) is 0 Å². The van der Waals surface area contributed by atoms with Crippen LogP contribution in [0, 0.1) is 12.7 Å². The van der Waals surface area contributed by atoms with Crippen molar-refractivity contribution < 1.29 is 14.3 Å². The molecule has 2 rings (SSSR count). The standard InChI is InChI=1S/C14H13FN2O2/c1-9-4-3-7-16-12(9)8-17-13-10(14(18)19)5-2-6-11(13)15/h2-7,17H,8H2,1H3,(H,18,19). The molecule has 0 aliphatic carbocycles. The summed E-state index contributed by atoms with van der Waals surface area (Å²) in [6.07, 6.45) is 1.64. The third-order valence-electron chi connectivity index (χ3n) is 2.79. The first-order valence-electron chi connectivity index (χ1n) is 5.75. The van der Waals surface area contributed by atoms with E-state index in [9.17, 15) is 9.18 Å². The summed E-state index contributed by atoms with van der Waals surface area (Å²) in [4.78, 5) is 15.2. The average molecular weight is 260 g/mol. The lowest BCUT2D eigenvalue weighted by atomic mass is 10.1. The smallest absolute Gasteiger partial charge is 0.337 e. The third-order valence-corrected chi connectivity index (χ3v) is 2.79. The van der Waals surface area contributed by atoms with Crippen LogP contribution in [0.5, 0.6) is 0 Å². The number of nitrogens with one attached hydrogen (secondary N) is 1. The van der Waals surface area contributed by atoms with E-state index >= 15 is 0 Å². The Hall–Kier alpha value is -2.43. The zero-order valence-electron chi connectivity index (χ0n) is 10.4. The molecule has 2 aromatic rings. The van der Waals surface area contributed by atoms with Crippen molar-refractivity contribution in [1.82, 2.24) is 4.98 Å². The first kappa shape index (κ1) is 13.0. The Kier molecular flexibility index (Phi) is 3.75. The molecule has 0 saturated heterocycles. The Morgan fingerprint density at radius 3 is 2.84 bits per heavy atom. The van der Waals surface area contributed by atoms with Crippen molar-refractivity contribution in [3.63, 3.8) is 0 Å². The minimum Gasteiger partial charge on any atom is -0.478 e. The number of para-hydroxylation sites is 1. The van der Waals surface area contributed by atoms with Crippen molar-refractivity contribution in [2.75, 3.05) is 5.32 Å². The highest BCUT2D eigenvalue weighted by Crippen LogP contribution is 2.20. The molecule has 98 valence electrons. The molecule has 1 aromatic carbocycles. The minimum atomic E-state index is -1.17. The van der Waals surface area contributed by atoms with Crippen LogP contribution in [0.3, 0.4) is 0 Å². The number of benzene rings is 1. The van der Waals surface area contributed by atoms with Crippen molar-refractivity contribution in [3.8, 4) is 0 Å². The number of hydrogen-bond acceptors (Lipinski definition) is 3. The lowest BCUT2D eigenvalue weighted by molar-refractivity contribution is 0.0697. The van der Waals surface area contributed by atoms with Crippen molar-refractivity contribution >= 4 is 11.7 Å². The van der Waals surface area contributed by atoms with Gasteiger partial charge in [0, 0.05) is 6.20 Å². The number of aromatic nitrogens is 1. The molecule has 0 saturated carbocycles. The maximum absolute atomic E-state index is 13.7. The first-order valence-corrected chi connectivity index (χ1v) is 5.75. The topological polar surface area (TPSA) is 62.2 Å². The Morgan fingerprint density at radius 1 is 1.37 bits per heavy atom. The predicted molar refractivity (Wildman–Crippen MR) is 69.7 cm³/mol. The molecule has 5 heteroatoms.